The monoisotopic (exact) mass is 410 g/mol. The number of hydrogen-bond donors (Lipinski definition) is 2. The summed E-state index contributed by atoms with van der Waals surface area (Å²) in [6, 6.07) is 0. The lowest BCUT2D eigenvalue weighted by atomic mass is 10.1. The lowest BCUT2D eigenvalue weighted by Gasteiger charge is -2.35. The van der Waals surface area contributed by atoms with E-state index in [-0.39, 0.29) is 24.2 Å². The van der Waals surface area contributed by atoms with Gasteiger partial charge in [-0.1, -0.05) is 12.8 Å². The van der Waals surface area contributed by atoms with E-state index >= 15 is 0 Å². The number of nitrogens with zero attached hydrogens (tertiary/aromatic N) is 4. The van der Waals surface area contributed by atoms with Crippen molar-refractivity contribution in [2.75, 3.05) is 52.4 Å². The standard InChI is InChI=1S/C19H30N6O2.ClH/c26-17(24-7-3-1-2-4-8-24)14-23-9-11-25(12-10-23)19(27)18-15-13-20-6-5-16(15)21-22-18;/h20H,1-14H2,(H,21,22);1H. The Balaban J connectivity index is 0.00000225. The average molecular weight is 411 g/mol. The molecule has 2 N–H and O–H groups in total. The van der Waals surface area contributed by atoms with Crippen LogP contribution < -0.4 is 5.32 Å². The molecule has 3 aliphatic heterocycles. The van der Waals surface area contributed by atoms with E-state index in [1.807, 2.05) is 9.80 Å². The zero-order chi connectivity index (χ0) is 18.6. The molecule has 0 saturated carbocycles. The molecule has 0 bridgehead atoms. The molecule has 0 unspecified atom stereocenters. The van der Waals surface area contributed by atoms with Crippen LogP contribution in [0.4, 0.5) is 0 Å². The molecule has 1 aromatic rings. The van der Waals surface area contributed by atoms with Crippen LogP contribution in [-0.4, -0.2) is 89.1 Å². The quantitative estimate of drug-likeness (QED) is 0.763. The lowest BCUT2D eigenvalue weighted by molar-refractivity contribution is -0.132. The minimum atomic E-state index is 0. The number of halogens is 1. The van der Waals surface area contributed by atoms with Crippen LogP contribution >= 0.6 is 12.4 Å². The van der Waals surface area contributed by atoms with Crippen molar-refractivity contribution in [1.82, 2.24) is 30.2 Å². The van der Waals surface area contributed by atoms with E-state index in [1.54, 1.807) is 0 Å². The van der Waals surface area contributed by atoms with Crippen LogP contribution in [0.25, 0.3) is 0 Å². The molecule has 28 heavy (non-hydrogen) atoms. The maximum absolute atomic E-state index is 12.9. The SMILES string of the molecule is Cl.O=C(CN1CCN(C(=O)c2n[nH]c3c2CNCC3)CC1)N1CCCCCC1. The van der Waals surface area contributed by atoms with Gasteiger partial charge in [0.05, 0.1) is 6.54 Å². The van der Waals surface area contributed by atoms with Crippen LogP contribution in [0, 0.1) is 0 Å². The summed E-state index contributed by atoms with van der Waals surface area (Å²) in [5.41, 5.74) is 2.66. The molecule has 3 aliphatic rings. The molecule has 4 rings (SSSR count). The third-order valence-corrected chi connectivity index (χ3v) is 5.99. The molecular formula is C19H31ClN6O2. The third-order valence-electron chi connectivity index (χ3n) is 5.99. The summed E-state index contributed by atoms with van der Waals surface area (Å²) >= 11 is 0. The highest BCUT2D eigenvalue weighted by Gasteiger charge is 2.29. The minimum Gasteiger partial charge on any atom is -0.342 e. The molecule has 2 amide bonds. The van der Waals surface area contributed by atoms with Crippen LogP contribution in [0.2, 0.25) is 0 Å². The normalized spacial score (nSPS) is 20.9. The van der Waals surface area contributed by atoms with Crippen LogP contribution in [0.5, 0.6) is 0 Å². The summed E-state index contributed by atoms with van der Waals surface area (Å²) in [4.78, 5) is 31.5. The van der Waals surface area contributed by atoms with Crippen molar-refractivity contribution in [2.24, 2.45) is 0 Å². The molecular weight excluding hydrogens is 380 g/mol. The molecule has 8 nitrogen and oxygen atoms in total. The summed E-state index contributed by atoms with van der Waals surface area (Å²) < 4.78 is 0. The number of nitrogens with one attached hydrogen (secondary N) is 2. The van der Waals surface area contributed by atoms with Crippen molar-refractivity contribution in [3.05, 3.63) is 17.0 Å². The number of rotatable bonds is 3. The maximum Gasteiger partial charge on any atom is 0.274 e. The van der Waals surface area contributed by atoms with E-state index in [2.05, 4.69) is 20.4 Å². The zero-order valence-electron chi connectivity index (χ0n) is 16.4. The third kappa shape index (κ3) is 4.67. The minimum absolute atomic E-state index is 0. The van der Waals surface area contributed by atoms with E-state index in [0.29, 0.717) is 31.9 Å². The fourth-order valence-electron chi connectivity index (χ4n) is 4.27. The second-order valence-corrected chi connectivity index (χ2v) is 7.82. The number of carbonyl (C=O) groups excluding carboxylic acids is 2. The van der Waals surface area contributed by atoms with E-state index in [9.17, 15) is 9.59 Å². The summed E-state index contributed by atoms with van der Waals surface area (Å²) in [5.74, 6) is 0.249. The van der Waals surface area contributed by atoms with Crippen LogP contribution in [0.1, 0.15) is 47.4 Å². The zero-order valence-corrected chi connectivity index (χ0v) is 17.2. The van der Waals surface area contributed by atoms with Gasteiger partial charge in [0.1, 0.15) is 0 Å². The van der Waals surface area contributed by atoms with Gasteiger partial charge in [-0.15, -0.1) is 12.4 Å². The Morgan fingerprint density at radius 1 is 0.929 bits per heavy atom. The second-order valence-electron chi connectivity index (χ2n) is 7.82. The van der Waals surface area contributed by atoms with Crippen LogP contribution in [-0.2, 0) is 17.8 Å². The topological polar surface area (TPSA) is 84.6 Å². The van der Waals surface area contributed by atoms with Gasteiger partial charge in [-0.05, 0) is 12.8 Å². The van der Waals surface area contributed by atoms with Gasteiger partial charge >= 0.3 is 0 Å². The fourth-order valence-corrected chi connectivity index (χ4v) is 4.27. The Bertz CT molecular complexity index is 678. The summed E-state index contributed by atoms with van der Waals surface area (Å²) in [6.07, 6.45) is 5.60. The van der Waals surface area contributed by atoms with Gasteiger partial charge in [-0.2, -0.15) is 5.10 Å². The molecule has 2 saturated heterocycles. The van der Waals surface area contributed by atoms with Crippen molar-refractivity contribution in [3.8, 4) is 0 Å². The Morgan fingerprint density at radius 2 is 1.64 bits per heavy atom. The van der Waals surface area contributed by atoms with Gasteiger partial charge in [0, 0.05) is 70.0 Å². The lowest BCUT2D eigenvalue weighted by Crippen LogP contribution is -2.51. The summed E-state index contributed by atoms with van der Waals surface area (Å²) in [6.45, 7) is 6.70. The van der Waals surface area contributed by atoms with Crippen molar-refractivity contribution < 1.29 is 9.59 Å². The van der Waals surface area contributed by atoms with Gasteiger partial charge in [-0.3, -0.25) is 19.6 Å². The molecule has 0 radical (unpaired) electrons. The van der Waals surface area contributed by atoms with Gasteiger partial charge in [0.25, 0.3) is 5.91 Å². The Morgan fingerprint density at radius 3 is 2.36 bits per heavy atom. The smallest absolute Gasteiger partial charge is 0.274 e. The molecule has 0 aromatic carbocycles. The Kier molecular flexibility index (Phi) is 7.31. The fraction of sp³-hybridized carbons (Fsp3) is 0.737. The van der Waals surface area contributed by atoms with Crippen molar-refractivity contribution >= 4 is 24.2 Å². The summed E-state index contributed by atoms with van der Waals surface area (Å²) in [7, 11) is 0. The van der Waals surface area contributed by atoms with E-state index < -0.39 is 0 Å². The predicted octanol–water partition coefficient (Wildman–Crippen LogP) is 0.638. The first-order valence-corrected chi connectivity index (χ1v) is 10.3. The van der Waals surface area contributed by atoms with Gasteiger partial charge < -0.3 is 15.1 Å². The second kappa shape index (κ2) is 9.71. The van der Waals surface area contributed by atoms with Crippen LogP contribution in [0.15, 0.2) is 0 Å². The van der Waals surface area contributed by atoms with Crippen LogP contribution in [0.3, 0.4) is 0 Å². The van der Waals surface area contributed by atoms with Gasteiger partial charge in [0.15, 0.2) is 5.69 Å². The molecule has 1 aromatic heterocycles. The predicted molar refractivity (Wildman–Crippen MR) is 109 cm³/mol. The number of likely N-dealkylation sites (tertiary alicyclic amines) is 1. The van der Waals surface area contributed by atoms with Crippen molar-refractivity contribution in [1.29, 1.82) is 0 Å². The molecule has 156 valence electrons. The Hall–Kier alpha value is -1.64. The number of hydrogen-bond acceptors (Lipinski definition) is 5. The number of amides is 2. The maximum atomic E-state index is 12.9. The van der Waals surface area contributed by atoms with E-state index in [4.69, 9.17) is 0 Å². The number of fused-ring (bicyclic) bond motifs is 1. The van der Waals surface area contributed by atoms with Gasteiger partial charge in [0.2, 0.25) is 5.91 Å². The Labute approximate surface area is 172 Å². The number of carbonyl (C=O) groups is 2. The largest absolute Gasteiger partial charge is 0.342 e. The molecule has 0 spiro atoms. The summed E-state index contributed by atoms with van der Waals surface area (Å²) in [5, 5.41) is 10.6. The van der Waals surface area contributed by atoms with Crippen molar-refractivity contribution in [2.45, 2.75) is 38.6 Å². The molecule has 0 atom stereocenters. The first kappa shape index (κ1) is 21.1. The average Bonchev–Trinajstić information content (AvgIpc) is 2.93. The molecule has 0 aliphatic carbocycles. The number of H-pyrrole nitrogens is 1. The highest BCUT2D eigenvalue weighted by molar-refractivity contribution is 5.94. The first-order valence-electron chi connectivity index (χ1n) is 10.3. The van der Waals surface area contributed by atoms with E-state index in [0.717, 1.165) is 63.2 Å². The van der Waals surface area contributed by atoms with Gasteiger partial charge in [-0.25, -0.2) is 0 Å². The number of aromatic amines is 1. The number of aromatic nitrogens is 2. The van der Waals surface area contributed by atoms with E-state index in [1.165, 1.54) is 12.8 Å². The molecule has 2 fully saturated rings. The molecule has 9 heteroatoms. The first-order chi connectivity index (χ1) is 13.2. The van der Waals surface area contributed by atoms with Crippen molar-refractivity contribution in [3.63, 3.8) is 0 Å². The molecule has 4 heterocycles. The highest BCUT2D eigenvalue weighted by atomic mass is 35.5. The highest BCUT2D eigenvalue weighted by Crippen LogP contribution is 2.18. The number of piperazine rings is 1.